The first kappa shape index (κ1) is 16.8. The Morgan fingerprint density at radius 2 is 2.04 bits per heavy atom. The van der Waals surface area contributed by atoms with Gasteiger partial charge < -0.3 is 14.6 Å². The third-order valence-electron chi connectivity index (χ3n) is 2.91. The number of nitrogens with zero attached hydrogens (tertiary/aromatic N) is 2. The molecular weight excluding hydrogens is 318 g/mol. The Morgan fingerprint density at radius 1 is 1.39 bits per heavy atom. The molecule has 1 aromatic carbocycles. The predicted molar refractivity (Wildman–Crippen MR) is 87.5 cm³/mol. The molecule has 0 aliphatic heterocycles. The molecule has 122 valence electrons. The zero-order valence-corrected chi connectivity index (χ0v) is 13.8. The molecule has 0 spiro atoms. The number of aromatic hydroxyl groups is 1. The Morgan fingerprint density at radius 3 is 2.57 bits per heavy atom. The third-order valence-corrected chi connectivity index (χ3v) is 3.74. The maximum Gasteiger partial charge on any atom is 0.246 e. The summed E-state index contributed by atoms with van der Waals surface area (Å²) in [6.45, 7) is 1.88. The summed E-state index contributed by atoms with van der Waals surface area (Å²) >= 11 is 1.50. The normalized spacial score (nSPS) is 10.7. The number of phenolic OH excluding ortho intramolecular Hbond substituents is 1. The summed E-state index contributed by atoms with van der Waals surface area (Å²) in [5.41, 5.74) is 3.76. The molecule has 8 heteroatoms. The number of aryl methyl sites for hydroxylation is 1. The van der Waals surface area contributed by atoms with Crippen LogP contribution in [-0.2, 0) is 11.2 Å². The molecule has 1 amide bonds. The number of hydrazone groups is 1. The minimum atomic E-state index is -0.260. The fraction of sp³-hybridized carbons (Fsp3) is 0.267. The van der Waals surface area contributed by atoms with Crippen LogP contribution in [0.1, 0.15) is 16.3 Å². The highest BCUT2D eigenvalue weighted by Gasteiger charge is 2.10. The van der Waals surface area contributed by atoms with E-state index < -0.39 is 0 Å². The van der Waals surface area contributed by atoms with Gasteiger partial charge in [0.2, 0.25) is 11.7 Å². The Labute approximate surface area is 137 Å². The van der Waals surface area contributed by atoms with Crippen LogP contribution < -0.4 is 14.9 Å². The van der Waals surface area contributed by atoms with Crippen LogP contribution in [-0.4, -0.2) is 36.4 Å². The SMILES string of the molecule is COc1cc(C=NNC(=O)Cc2csc(C)n2)cc(OC)c1O. The van der Waals surface area contributed by atoms with Gasteiger partial charge in [-0.3, -0.25) is 4.79 Å². The third kappa shape index (κ3) is 4.43. The van der Waals surface area contributed by atoms with Gasteiger partial charge in [-0.15, -0.1) is 11.3 Å². The van der Waals surface area contributed by atoms with Gasteiger partial charge in [0.05, 0.1) is 37.6 Å². The number of phenols is 1. The summed E-state index contributed by atoms with van der Waals surface area (Å²) in [5.74, 6) is 0.171. The molecule has 0 aliphatic carbocycles. The predicted octanol–water partition coefficient (Wildman–Crippen LogP) is 1.87. The highest BCUT2D eigenvalue weighted by Crippen LogP contribution is 2.36. The molecule has 0 atom stereocenters. The zero-order valence-electron chi connectivity index (χ0n) is 13.0. The van der Waals surface area contributed by atoms with Crippen molar-refractivity contribution in [1.82, 2.24) is 10.4 Å². The molecule has 0 bridgehead atoms. The highest BCUT2D eigenvalue weighted by molar-refractivity contribution is 7.09. The fourth-order valence-corrected chi connectivity index (χ4v) is 2.47. The number of aromatic nitrogens is 1. The number of benzene rings is 1. The Bertz CT molecular complexity index is 702. The van der Waals surface area contributed by atoms with Crippen molar-refractivity contribution in [2.75, 3.05) is 14.2 Å². The number of carbonyl (C=O) groups is 1. The number of methoxy groups -OCH3 is 2. The van der Waals surface area contributed by atoms with Crippen molar-refractivity contribution in [3.8, 4) is 17.2 Å². The maximum atomic E-state index is 11.8. The average Bonchev–Trinajstić information content (AvgIpc) is 2.93. The highest BCUT2D eigenvalue weighted by atomic mass is 32.1. The van der Waals surface area contributed by atoms with Gasteiger partial charge in [0, 0.05) is 10.9 Å². The van der Waals surface area contributed by atoms with Crippen molar-refractivity contribution in [3.63, 3.8) is 0 Å². The minimum Gasteiger partial charge on any atom is -0.502 e. The summed E-state index contributed by atoms with van der Waals surface area (Å²) in [6.07, 6.45) is 1.61. The summed E-state index contributed by atoms with van der Waals surface area (Å²) in [7, 11) is 2.88. The summed E-state index contributed by atoms with van der Waals surface area (Å²) < 4.78 is 10.1. The van der Waals surface area contributed by atoms with Crippen LogP contribution >= 0.6 is 11.3 Å². The molecule has 1 heterocycles. The lowest BCUT2D eigenvalue weighted by atomic mass is 10.2. The van der Waals surface area contributed by atoms with E-state index in [1.54, 1.807) is 12.1 Å². The monoisotopic (exact) mass is 335 g/mol. The van der Waals surface area contributed by atoms with E-state index >= 15 is 0 Å². The first-order valence-electron chi connectivity index (χ1n) is 6.71. The molecule has 0 saturated carbocycles. The van der Waals surface area contributed by atoms with Crippen LogP contribution in [0.4, 0.5) is 0 Å². The second-order valence-electron chi connectivity index (χ2n) is 4.60. The average molecular weight is 335 g/mol. The Balaban J connectivity index is 2.01. The number of hydrogen-bond donors (Lipinski definition) is 2. The molecule has 23 heavy (non-hydrogen) atoms. The lowest BCUT2D eigenvalue weighted by Gasteiger charge is -2.09. The van der Waals surface area contributed by atoms with Crippen LogP contribution in [0.3, 0.4) is 0 Å². The van der Waals surface area contributed by atoms with Crippen molar-refractivity contribution < 1.29 is 19.4 Å². The standard InChI is InChI=1S/C15H17N3O4S/c1-9-17-11(8-23-9)6-14(19)18-16-7-10-4-12(21-2)15(20)13(5-10)22-3/h4-5,7-8,20H,6H2,1-3H3,(H,18,19). The van der Waals surface area contributed by atoms with Gasteiger partial charge >= 0.3 is 0 Å². The largest absolute Gasteiger partial charge is 0.502 e. The summed E-state index contributed by atoms with van der Waals surface area (Å²) in [4.78, 5) is 16.0. The molecular formula is C15H17N3O4S. The van der Waals surface area contributed by atoms with E-state index in [4.69, 9.17) is 9.47 Å². The minimum absolute atomic E-state index is 0.0879. The van der Waals surface area contributed by atoms with Crippen LogP contribution in [0.5, 0.6) is 17.2 Å². The van der Waals surface area contributed by atoms with E-state index in [1.165, 1.54) is 31.8 Å². The van der Waals surface area contributed by atoms with Crippen molar-refractivity contribution in [3.05, 3.63) is 33.8 Å². The van der Waals surface area contributed by atoms with Crippen LogP contribution in [0.15, 0.2) is 22.6 Å². The molecule has 0 radical (unpaired) electrons. The lowest BCUT2D eigenvalue weighted by molar-refractivity contribution is -0.120. The lowest BCUT2D eigenvalue weighted by Crippen LogP contribution is -2.19. The van der Waals surface area contributed by atoms with Crippen molar-refractivity contribution >= 4 is 23.5 Å². The molecule has 0 fully saturated rings. The van der Waals surface area contributed by atoms with Crippen molar-refractivity contribution in [2.24, 2.45) is 5.10 Å². The number of ether oxygens (including phenoxy) is 2. The number of carbonyl (C=O) groups excluding carboxylic acids is 1. The molecule has 2 aromatic rings. The maximum absolute atomic E-state index is 11.8. The molecule has 2 N–H and O–H groups in total. The van der Waals surface area contributed by atoms with E-state index in [9.17, 15) is 9.90 Å². The van der Waals surface area contributed by atoms with Gasteiger partial charge in [-0.25, -0.2) is 10.4 Å². The molecule has 0 aliphatic rings. The molecule has 0 saturated heterocycles. The first-order chi connectivity index (χ1) is 11.0. The number of amides is 1. The topological polar surface area (TPSA) is 93.0 Å². The van der Waals surface area contributed by atoms with Crippen molar-refractivity contribution in [2.45, 2.75) is 13.3 Å². The van der Waals surface area contributed by atoms with Gasteiger partial charge in [-0.1, -0.05) is 0 Å². The van der Waals surface area contributed by atoms with E-state index in [1.807, 2.05) is 12.3 Å². The van der Waals surface area contributed by atoms with E-state index in [0.29, 0.717) is 11.3 Å². The van der Waals surface area contributed by atoms with Gasteiger partial charge in [0.1, 0.15) is 0 Å². The van der Waals surface area contributed by atoms with E-state index in [-0.39, 0.29) is 29.6 Å². The van der Waals surface area contributed by atoms with Crippen LogP contribution in [0.2, 0.25) is 0 Å². The van der Waals surface area contributed by atoms with Crippen LogP contribution in [0.25, 0.3) is 0 Å². The number of thiazole rings is 1. The van der Waals surface area contributed by atoms with Gasteiger partial charge in [0.15, 0.2) is 11.5 Å². The second kappa shape index (κ2) is 7.59. The van der Waals surface area contributed by atoms with Crippen molar-refractivity contribution in [1.29, 1.82) is 0 Å². The smallest absolute Gasteiger partial charge is 0.246 e. The summed E-state index contributed by atoms with van der Waals surface area (Å²) in [6, 6.07) is 3.16. The second-order valence-corrected chi connectivity index (χ2v) is 5.66. The molecule has 1 aromatic heterocycles. The number of hydrogen-bond acceptors (Lipinski definition) is 7. The zero-order chi connectivity index (χ0) is 16.8. The van der Waals surface area contributed by atoms with Gasteiger partial charge in [0.25, 0.3) is 0 Å². The molecule has 2 rings (SSSR count). The summed E-state index contributed by atoms with van der Waals surface area (Å²) in [5, 5.41) is 16.5. The molecule has 7 nitrogen and oxygen atoms in total. The van der Waals surface area contributed by atoms with E-state index in [2.05, 4.69) is 15.5 Å². The quantitative estimate of drug-likeness (QED) is 0.621. The van der Waals surface area contributed by atoms with Crippen LogP contribution in [0, 0.1) is 6.92 Å². The fourth-order valence-electron chi connectivity index (χ4n) is 1.86. The molecule has 0 unspecified atom stereocenters. The Kier molecular flexibility index (Phi) is 5.53. The number of nitrogens with one attached hydrogen (secondary N) is 1. The number of rotatable bonds is 6. The van der Waals surface area contributed by atoms with Gasteiger partial charge in [-0.05, 0) is 19.1 Å². The van der Waals surface area contributed by atoms with E-state index in [0.717, 1.165) is 5.01 Å². The Hall–Kier alpha value is -2.61. The first-order valence-corrected chi connectivity index (χ1v) is 7.59. The van der Waals surface area contributed by atoms with Gasteiger partial charge in [-0.2, -0.15) is 5.10 Å².